The second-order valence-electron chi connectivity index (χ2n) is 6.32. The molecule has 1 atom stereocenters. The third-order valence-electron chi connectivity index (χ3n) is 4.79. The maximum Gasteiger partial charge on any atom is 0.246 e. The van der Waals surface area contributed by atoms with Crippen LogP contribution < -0.4 is 0 Å². The Labute approximate surface area is 147 Å². The lowest BCUT2D eigenvalue weighted by Gasteiger charge is -2.39. The summed E-state index contributed by atoms with van der Waals surface area (Å²) < 4.78 is 10.5. The summed E-state index contributed by atoms with van der Waals surface area (Å²) in [4.78, 5) is 30.6. The highest BCUT2D eigenvalue weighted by atomic mass is 16.5. The van der Waals surface area contributed by atoms with Gasteiger partial charge in [0.1, 0.15) is 5.76 Å². The third-order valence-corrected chi connectivity index (χ3v) is 4.79. The number of hydrogen-bond donors (Lipinski definition) is 0. The predicted molar refractivity (Wildman–Crippen MR) is 92.8 cm³/mol. The van der Waals surface area contributed by atoms with E-state index in [1.807, 2.05) is 16.7 Å². The Kier molecular flexibility index (Phi) is 5.88. The highest BCUT2D eigenvalue weighted by molar-refractivity contribution is 5.91. The first kappa shape index (κ1) is 17.7. The summed E-state index contributed by atoms with van der Waals surface area (Å²) in [6, 6.07) is 3.44. The number of amides is 2. The summed E-state index contributed by atoms with van der Waals surface area (Å²) in [6.07, 6.45) is 4.80. The topological polar surface area (TPSA) is 66.2 Å². The molecule has 0 saturated carbocycles. The van der Waals surface area contributed by atoms with Crippen LogP contribution in [0.1, 0.15) is 12.7 Å². The van der Waals surface area contributed by atoms with Gasteiger partial charge < -0.3 is 19.0 Å². The average molecular weight is 347 g/mol. The van der Waals surface area contributed by atoms with E-state index < -0.39 is 0 Å². The SMILES string of the molecule is C[C@@H](C(=O)N1CCOCC1)N1CCN(C(=O)/C=C/c2ccco2)CC1. The molecule has 0 radical (unpaired) electrons. The monoisotopic (exact) mass is 347 g/mol. The van der Waals surface area contributed by atoms with E-state index in [0.717, 1.165) is 0 Å². The molecule has 3 heterocycles. The van der Waals surface area contributed by atoms with Crippen molar-refractivity contribution in [3.63, 3.8) is 0 Å². The van der Waals surface area contributed by atoms with E-state index in [-0.39, 0.29) is 17.9 Å². The fourth-order valence-corrected chi connectivity index (χ4v) is 3.18. The van der Waals surface area contributed by atoms with Gasteiger partial charge in [-0.25, -0.2) is 0 Å². The van der Waals surface area contributed by atoms with Crippen molar-refractivity contribution in [2.75, 3.05) is 52.5 Å². The molecule has 2 amide bonds. The highest BCUT2D eigenvalue weighted by Gasteiger charge is 2.30. The number of rotatable bonds is 4. The minimum Gasteiger partial charge on any atom is -0.465 e. The number of furan rings is 1. The standard InChI is InChI=1S/C18H25N3O4/c1-15(18(23)21-10-13-24-14-11-21)19-6-8-20(9-7-19)17(22)5-4-16-3-2-12-25-16/h2-5,12,15H,6-11,13-14H2,1H3/b5-4+/t15-/m0/s1. The number of carbonyl (C=O) groups is 2. The van der Waals surface area contributed by atoms with Crippen molar-refractivity contribution in [3.05, 3.63) is 30.2 Å². The minimum atomic E-state index is -0.158. The number of ether oxygens (including phenoxy) is 1. The van der Waals surface area contributed by atoms with Crippen molar-refractivity contribution < 1.29 is 18.7 Å². The molecular formula is C18H25N3O4. The summed E-state index contributed by atoms with van der Waals surface area (Å²) in [6.45, 7) is 7.18. The van der Waals surface area contributed by atoms with Crippen LogP contribution in [0, 0.1) is 0 Å². The Morgan fingerprint density at radius 1 is 1.08 bits per heavy atom. The first-order valence-electron chi connectivity index (χ1n) is 8.76. The normalized spacial score (nSPS) is 20.8. The largest absolute Gasteiger partial charge is 0.465 e. The number of piperazine rings is 1. The lowest BCUT2D eigenvalue weighted by molar-refractivity contribution is -0.141. The Bertz CT molecular complexity index is 600. The summed E-state index contributed by atoms with van der Waals surface area (Å²) in [7, 11) is 0. The summed E-state index contributed by atoms with van der Waals surface area (Å²) >= 11 is 0. The van der Waals surface area contributed by atoms with Crippen molar-refractivity contribution in [3.8, 4) is 0 Å². The molecule has 0 N–H and O–H groups in total. The van der Waals surface area contributed by atoms with Gasteiger partial charge in [0.2, 0.25) is 11.8 Å². The molecule has 0 spiro atoms. The first-order chi connectivity index (χ1) is 12.1. The summed E-state index contributed by atoms with van der Waals surface area (Å²) in [5, 5.41) is 0. The molecule has 2 fully saturated rings. The summed E-state index contributed by atoms with van der Waals surface area (Å²) in [5.41, 5.74) is 0. The zero-order valence-corrected chi connectivity index (χ0v) is 14.6. The fourth-order valence-electron chi connectivity index (χ4n) is 3.18. The molecule has 25 heavy (non-hydrogen) atoms. The number of carbonyl (C=O) groups excluding carboxylic acids is 2. The van der Waals surface area contributed by atoms with Crippen LogP contribution in [0.25, 0.3) is 6.08 Å². The quantitative estimate of drug-likeness (QED) is 0.750. The molecule has 7 nitrogen and oxygen atoms in total. The van der Waals surface area contributed by atoms with Crippen LogP contribution in [0.2, 0.25) is 0 Å². The van der Waals surface area contributed by atoms with Crippen molar-refractivity contribution in [1.29, 1.82) is 0 Å². The Hall–Kier alpha value is -2.12. The van der Waals surface area contributed by atoms with Crippen LogP contribution in [0.15, 0.2) is 28.9 Å². The molecule has 0 unspecified atom stereocenters. The molecule has 7 heteroatoms. The number of hydrogen-bond acceptors (Lipinski definition) is 5. The molecule has 136 valence electrons. The molecule has 3 rings (SSSR count). The lowest BCUT2D eigenvalue weighted by Crippen LogP contribution is -2.56. The van der Waals surface area contributed by atoms with Gasteiger partial charge in [0.15, 0.2) is 0 Å². The van der Waals surface area contributed by atoms with Crippen LogP contribution in [0.4, 0.5) is 0 Å². The smallest absolute Gasteiger partial charge is 0.246 e. The predicted octanol–water partition coefficient (Wildman–Crippen LogP) is 0.684. The van der Waals surface area contributed by atoms with Crippen molar-refractivity contribution in [2.24, 2.45) is 0 Å². The maximum atomic E-state index is 12.6. The van der Waals surface area contributed by atoms with E-state index in [1.54, 1.807) is 24.5 Å². The Balaban J connectivity index is 1.47. The molecule has 0 aliphatic carbocycles. The molecule has 2 aliphatic rings. The zero-order valence-electron chi connectivity index (χ0n) is 14.6. The van der Waals surface area contributed by atoms with Gasteiger partial charge in [-0.05, 0) is 25.1 Å². The van der Waals surface area contributed by atoms with Crippen LogP contribution in [-0.4, -0.2) is 85.0 Å². The molecule has 1 aromatic heterocycles. The number of morpholine rings is 1. The van der Waals surface area contributed by atoms with Gasteiger partial charge in [-0.1, -0.05) is 0 Å². The molecular weight excluding hydrogens is 322 g/mol. The average Bonchev–Trinajstić information content (AvgIpc) is 3.19. The van der Waals surface area contributed by atoms with Crippen molar-refractivity contribution in [1.82, 2.24) is 14.7 Å². The summed E-state index contributed by atoms with van der Waals surface area (Å²) in [5.74, 6) is 0.792. The van der Waals surface area contributed by atoms with Crippen LogP contribution >= 0.6 is 0 Å². The van der Waals surface area contributed by atoms with E-state index in [2.05, 4.69) is 4.90 Å². The lowest BCUT2D eigenvalue weighted by atomic mass is 10.2. The van der Waals surface area contributed by atoms with Crippen molar-refractivity contribution in [2.45, 2.75) is 13.0 Å². The molecule has 0 bridgehead atoms. The van der Waals surface area contributed by atoms with Crippen molar-refractivity contribution >= 4 is 17.9 Å². The van der Waals surface area contributed by atoms with E-state index in [9.17, 15) is 9.59 Å². The van der Waals surface area contributed by atoms with Crippen LogP contribution in [0.5, 0.6) is 0 Å². The third kappa shape index (κ3) is 4.49. The van der Waals surface area contributed by atoms with Gasteiger partial charge in [-0.3, -0.25) is 14.5 Å². The van der Waals surface area contributed by atoms with E-state index in [1.165, 1.54) is 6.08 Å². The van der Waals surface area contributed by atoms with Gasteiger partial charge in [0.25, 0.3) is 0 Å². The number of nitrogens with zero attached hydrogens (tertiary/aromatic N) is 3. The van der Waals surface area contributed by atoms with E-state index >= 15 is 0 Å². The van der Waals surface area contributed by atoms with Gasteiger partial charge in [-0.2, -0.15) is 0 Å². The van der Waals surface area contributed by atoms with Gasteiger partial charge >= 0.3 is 0 Å². The maximum absolute atomic E-state index is 12.6. The van der Waals surface area contributed by atoms with Gasteiger partial charge in [0, 0.05) is 45.3 Å². The van der Waals surface area contributed by atoms with E-state index in [0.29, 0.717) is 58.2 Å². The van der Waals surface area contributed by atoms with E-state index in [4.69, 9.17) is 9.15 Å². The van der Waals surface area contributed by atoms with Crippen LogP contribution in [0.3, 0.4) is 0 Å². The highest BCUT2D eigenvalue weighted by Crippen LogP contribution is 2.11. The van der Waals surface area contributed by atoms with Gasteiger partial charge in [0.05, 0.1) is 25.5 Å². The molecule has 2 aliphatic heterocycles. The van der Waals surface area contributed by atoms with Crippen LogP contribution in [-0.2, 0) is 14.3 Å². The second-order valence-corrected chi connectivity index (χ2v) is 6.32. The molecule has 1 aromatic rings. The Morgan fingerprint density at radius 3 is 2.44 bits per heavy atom. The fraction of sp³-hybridized carbons (Fsp3) is 0.556. The zero-order chi connectivity index (χ0) is 17.6. The van der Waals surface area contributed by atoms with Gasteiger partial charge in [-0.15, -0.1) is 0 Å². The minimum absolute atomic E-state index is 0.0248. The Morgan fingerprint density at radius 2 is 1.80 bits per heavy atom. The molecule has 2 saturated heterocycles. The first-order valence-corrected chi connectivity index (χ1v) is 8.76. The molecule has 0 aromatic carbocycles. The second kappa shape index (κ2) is 8.31.